The van der Waals surface area contributed by atoms with Crippen LogP contribution in [0.3, 0.4) is 0 Å². The molecule has 0 aliphatic carbocycles. The number of fused-ring (bicyclic) bond motifs is 1. The molecule has 0 amide bonds. The van der Waals surface area contributed by atoms with E-state index in [4.69, 9.17) is 28.1 Å². The van der Waals surface area contributed by atoms with Gasteiger partial charge < -0.3 is 15.9 Å². The van der Waals surface area contributed by atoms with Crippen LogP contribution in [0, 0.1) is 0 Å². The fraction of sp³-hybridized carbons (Fsp3) is 0. The topological polar surface area (TPSA) is 91.0 Å². The van der Waals surface area contributed by atoms with Gasteiger partial charge in [0.25, 0.3) is 0 Å². The van der Waals surface area contributed by atoms with Gasteiger partial charge >= 0.3 is 0 Å². The first-order valence-corrected chi connectivity index (χ1v) is 5.97. The molecule has 94 valence electrons. The van der Waals surface area contributed by atoms with Crippen molar-refractivity contribution in [1.82, 2.24) is 9.97 Å². The first-order valence-electron chi connectivity index (χ1n) is 5.56. The number of nitrogens with zero attached hydrogens (tertiary/aromatic N) is 2. The highest BCUT2D eigenvalue weighted by molar-refractivity contribution is 7.80. The SMILES string of the molecule is NC(=S)c1oc2nc(-c3ccncc3)ccc2c1N. The summed E-state index contributed by atoms with van der Waals surface area (Å²) in [5.41, 5.74) is 14.0. The second-order valence-electron chi connectivity index (χ2n) is 3.99. The van der Waals surface area contributed by atoms with E-state index in [9.17, 15) is 0 Å². The van der Waals surface area contributed by atoms with Crippen molar-refractivity contribution in [2.75, 3.05) is 5.73 Å². The Morgan fingerprint density at radius 1 is 1.16 bits per heavy atom. The first kappa shape index (κ1) is 11.6. The van der Waals surface area contributed by atoms with Gasteiger partial charge in [0.2, 0.25) is 5.71 Å². The minimum atomic E-state index is 0.126. The predicted molar refractivity (Wildman–Crippen MR) is 77.5 cm³/mol. The summed E-state index contributed by atoms with van der Waals surface area (Å²) in [6, 6.07) is 7.45. The Morgan fingerprint density at radius 3 is 2.58 bits per heavy atom. The monoisotopic (exact) mass is 270 g/mol. The number of aromatic nitrogens is 2. The van der Waals surface area contributed by atoms with Crippen LogP contribution in [0.2, 0.25) is 0 Å². The molecule has 6 heteroatoms. The summed E-state index contributed by atoms with van der Waals surface area (Å²) in [5.74, 6) is 0.310. The van der Waals surface area contributed by atoms with E-state index in [1.165, 1.54) is 0 Å². The molecule has 0 unspecified atom stereocenters. The van der Waals surface area contributed by atoms with Crippen molar-refractivity contribution in [3.8, 4) is 11.3 Å². The Hall–Kier alpha value is -2.47. The van der Waals surface area contributed by atoms with Crippen molar-refractivity contribution in [3.63, 3.8) is 0 Å². The van der Waals surface area contributed by atoms with Gasteiger partial charge in [0.1, 0.15) is 4.99 Å². The lowest BCUT2D eigenvalue weighted by atomic mass is 10.1. The summed E-state index contributed by atoms with van der Waals surface area (Å²) in [6.07, 6.45) is 3.41. The summed E-state index contributed by atoms with van der Waals surface area (Å²) >= 11 is 4.88. The quantitative estimate of drug-likeness (QED) is 0.693. The van der Waals surface area contributed by atoms with Crippen LogP contribution < -0.4 is 11.5 Å². The summed E-state index contributed by atoms with van der Waals surface area (Å²) < 4.78 is 5.50. The maximum Gasteiger partial charge on any atom is 0.229 e. The van der Waals surface area contributed by atoms with E-state index in [0.29, 0.717) is 22.5 Å². The molecule has 4 N–H and O–H groups in total. The largest absolute Gasteiger partial charge is 0.433 e. The Bertz CT molecular complexity index is 767. The molecule has 0 atom stereocenters. The van der Waals surface area contributed by atoms with Crippen LogP contribution in [-0.2, 0) is 0 Å². The number of anilines is 1. The fourth-order valence-corrected chi connectivity index (χ4v) is 2.02. The van der Waals surface area contributed by atoms with Crippen molar-refractivity contribution in [2.45, 2.75) is 0 Å². The van der Waals surface area contributed by atoms with E-state index in [1.54, 1.807) is 12.4 Å². The summed E-state index contributed by atoms with van der Waals surface area (Å²) in [5, 5.41) is 0.709. The minimum Gasteiger partial charge on any atom is -0.433 e. The zero-order valence-corrected chi connectivity index (χ0v) is 10.6. The van der Waals surface area contributed by atoms with Gasteiger partial charge in [0.05, 0.1) is 16.8 Å². The molecule has 0 aromatic carbocycles. The van der Waals surface area contributed by atoms with Gasteiger partial charge in [-0.1, -0.05) is 12.2 Å². The minimum absolute atomic E-state index is 0.126. The Morgan fingerprint density at radius 2 is 1.89 bits per heavy atom. The summed E-state index contributed by atoms with van der Waals surface area (Å²) in [6.45, 7) is 0. The third-order valence-electron chi connectivity index (χ3n) is 2.79. The molecule has 0 saturated carbocycles. The lowest BCUT2D eigenvalue weighted by Gasteiger charge is -1.99. The maximum absolute atomic E-state index is 5.92. The third kappa shape index (κ3) is 1.92. The zero-order chi connectivity index (χ0) is 13.4. The standard InChI is InChI=1S/C13H10N4OS/c14-10-8-1-2-9(7-3-5-16-6-4-7)17-13(8)18-11(10)12(15)19/h1-6H,14H2,(H2,15,19). The van der Waals surface area contributed by atoms with Crippen LogP contribution in [0.1, 0.15) is 5.76 Å². The number of hydrogen-bond acceptors (Lipinski definition) is 5. The van der Waals surface area contributed by atoms with Crippen molar-refractivity contribution in [2.24, 2.45) is 5.73 Å². The van der Waals surface area contributed by atoms with E-state index in [1.807, 2.05) is 24.3 Å². The highest BCUT2D eigenvalue weighted by Gasteiger charge is 2.15. The van der Waals surface area contributed by atoms with Gasteiger partial charge in [-0.05, 0) is 24.3 Å². The molecule has 0 saturated heterocycles. The molecule has 0 bridgehead atoms. The number of hydrogen-bond donors (Lipinski definition) is 2. The second kappa shape index (κ2) is 4.33. The molecule has 3 heterocycles. The fourth-order valence-electron chi connectivity index (χ4n) is 1.86. The normalized spacial score (nSPS) is 10.7. The molecule has 19 heavy (non-hydrogen) atoms. The average molecular weight is 270 g/mol. The van der Waals surface area contributed by atoms with E-state index in [0.717, 1.165) is 11.3 Å². The van der Waals surface area contributed by atoms with Crippen LogP contribution >= 0.6 is 12.2 Å². The zero-order valence-electron chi connectivity index (χ0n) is 9.83. The Kier molecular flexibility index (Phi) is 2.64. The van der Waals surface area contributed by atoms with Crippen LogP contribution in [-0.4, -0.2) is 15.0 Å². The smallest absolute Gasteiger partial charge is 0.229 e. The van der Waals surface area contributed by atoms with Gasteiger partial charge in [-0.15, -0.1) is 0 Å². The van der Waals surface area contributed by atoms with Crippen LogP contribution in [0.5, 0.6) is 0 Å². The Balaban J connectivity index is 2.19. The van der Waals surface area contributed by atoms with Crippen molar-refractivity contribution in [3.05, 3.63) is 42.4 Å². The van der Waals surface area contributed by atoms with Crippen LogP contribution in [0.4, 0.5) is 5.69 Å². The summed E-state index contributed by atoms with van der Waals surface area (Å²) in [4.78, 5) is 8.52. The number of rotatable bonds is 2. The molecule has 3 aromatic heterocycles. The van der Waals surface area contributed by atoms with Crippen molar-refractivity contribution >= 4 is 34.0 Å². The van der Waals surface area contributed by atoms with Gasteiger partial charge in [0.15, 0.2) is 5.76 Å². The molecular weight excluding hydrogens is 260 g/mol. The molecule has 0 fully saturated rings. The highest BCUT2D eigenvalue weighted by Crippen LogP contribution is 2.29. The number of nitrogens with two attached hydrogens (primary N) is 2. The molecule has 0 spiro atoms. The second-order valence-corrected chi connectivity index (χ2v) is 4.43. The van der Waals surface area contributed by atoms with Crippen LogP contribution in [0.15, 0.2) is 41.1 Å². The Labute approximate surface area is 114 Å². The van der Waals surface area contributed by atoms with Crippen molar-refractivity contribution in [1.29, 1.82) is 0 Å². The number of thiocarbonyl (C=S) groups is 1. The third-order valence-corrected chi connectivity index (χ3v) is 2.98. The molecule has 5 nitrogen and oxygen atoms in total. The molecule has 0 aliphatic rings. The summed E-state index contributed by atoms with van der Waals surface area (Å²) in [7, 11) is 0. The highest BCUT2D eigenvalue weighted by atomic mass is 32.1. The maximum atomic E-state index is 5.92. The molecule has 3 aromatic rings. The first-order chi connectivity index (χ1) is 9.16. The van der Waals surface area contributed by atoms with E-state index >= 15 is 0 Å². The van der Waals surface area contributed by atoms with Gasteiger partial charge in [-0.25, -0.2) is 4.98 Å². The van der Waals surface area contributed by atoms with E-state index in [2.05, 4.69) is 9.97 Å². The lowest BCUT2D eigenvalue weighted by Crippen LogP contribution is -2.09. The lowest BCUT2D eigenvalue weighted by molar-refractivity contribution is 0.595. The molecule has 0 aliphatic heterocycles. The molecule has 3 rings (SSSR count). The van der Waals surface area contributed by atoms with Gasteiger partial charge in [0, 0.05) is 18.0 Å². The van der Waals surface area contributed by atoms with Gasteiger partial charge in [-0.3, -0.25) is 4.98 Å². The molecule has 0 radical (unpaired) electrons. The number of pyridine rings is 2. The van der Waals surface area contributed by atoms with Crippen molar-refractivity contribution < 1.29 is 4.42 Å². The van der Waals surface area contributed by atoms with Gasteiger partial charge in [-0.2, -0.15) is 0 Å². The average Bonchev–Trinajstić information content (AvgIpc) is 2.77. The number of furan rings is 1. The molecular formula is C13H10N4OS. The number of nitrogen functional groups attached to an aromatic ring is 1. The van der Waals surface area contributed by atoms with E-state index < -0.39 is 0 Å². The predicted octanol–water partition coefficient (Wildman–Crippen LogP) is 2.11. The van der Waals surface area contributed by atoms with E-state index in [-0.39, 0.29) is 4.99 Å². The van der Waals surface area contributed by atoms with Crippen LogP contribution in [0.25, 0.3) is 22.4 Å².